The summed E-state index contributed by atoms with van der Waals surface area (Å²) in [6, 6.07) is 7.19. The molecule has 0 atom stereocenters. The molecule has 1 aromatic carbocycles. The number of carboxylic acid groups (broad SMARTS) is 1. The van der Waals surface area contributed by atoms with Crippen LogP contribution in [-0.4, -0.2) is 32.3 Å². The van der Waals surface area contributed by atoms with E-state index in [0.717, 1.165) is 17.4 Å². The summed E-state index contributed by atoms with van der Waals surface area (Å²) in [5, 5.41) is 8.71. The Labute approximate surface area is 126 Å². The predicted octanol–water partition coefficient (Wildman–Crippen LogP) is 2.74. The van der Waals surface area contributed by atoms with Crippen LogP contribution in [0.2, 0.25) is 0 Å². The van der Waals surface area contributed by atoms with Gasteiger partial charge in [0.05, 0.1) is 18.5 Å². The van der Waals surface area contributed by atoms with Crippen LogP contribution in [0.1, 0.15) is 32.3 Å². The van der Waals surface area contributed by atoms with Crippen molar-refractivity contribution in [1.82, 2.24) is 0 Å². The minimum Gasteiger partial charge on any atom is -0.481 e. The second-order valence-electron chi connectivity index (χ2n) is 4.52. The number of fused-ring (bicyclic) bond motifs is 1. The summed E-state index contributed by atoms with van der Waals surface area (Å²) in [5.41, 5.74) is 2.26. The SMILES string of the molecule is CC.CS(=O)(=O)N1CC(CCC(=O)O)=Cc2ccccc21. The van der Waals surface area contributed by atoms with Crippen LogP contribution in [0.4, 0.5) is 5.69 Å². The maximum absolute atomic E-state index is 11.8. The fraction of sp³-hybridized carbons (Fsp3) is 0.400. The number of carbonyl (C=O) groups is 1. The minimum atomic E-state index is -3.37. The van der Waals surface area contributed by atoms with Crippen molar-refractivity contribution in [2.24, 2.45) is 0 Å². The Hall–Kier alpha value is -1.82. The van der Waals surface area contributed by atoms with Crippen LogP contribution in [0.25, 0.3) is 6.08 Å². The standard InChI is InChI=1S/C13H15NO4S.C2H6/c1-19(17,18)14-9-10(6-7-13(15)16)8-11-4-2-3-5-12(11)14;1-2/h2-5,8H,6-7,9H2,1H3,(H,15,16);1-2H3. The molecular formula is C15H21NO4S. The monoisotopic (exact) mass is 311 g/mol. The molecule has 1 N–H and O–H groups in total. The van der Waals surface area contributed by atoms with Crippen molar-refractivity contribution in [3.8, 4) is 0 Å². The lowest BCUT2D eigenvalue weighted by molar-refractivity contribution is -0.136. The summed E-state index contributed by atoms with van der Waals surface area (Å²) in [5.74, 6) is -0.884. The molecule has 0 fully saturated rings. The highest BCUT2D eigenvalue weighted by molar-refractivity contribution is 7.92. The summed E-state index contributed by atoms with van der Waals surface area (Å²) in [6.45, 7) is 4.23. The van der Waals surface area contributed by atoms with Crippen LogP contribution in [0.5, 0.6) is 0 Å². The van der Waals surface area contributed by atoms with Crippen LogP contribution in [0, 0.1) is 0 Å². The minimum absolute atomic E-state index is 0.00556. The lowest BCUT2D eigenvalue weighted by Crippen LogP contribution is -2.34. The van der Waals surface area contributed by atoms with Crippen LogP contribution < -0.4 is 4.31 Å². The Morgan fingerprint density at radius 1 is 1.29 bits per heavy atom. The Kier molecular flexibility index (Phi) is 5.96. The summed E-state index contributed by atoms with van der Waals surface area (Å²) < 4.78 is 24.9. The molecule has 0 unspecified atom stereocenters. The molecule has 1 aromatic rings. The van der Waals surface area contributed by atoms with Crippen molar-refractivity contribution in [3.05, 3.63) is 35.4 Å². The second-order valence-corrected chi connectivity index (χ2v) is 6.43. The van der Waals surface area contributed by atoms with Crippen molar-refractivity contribution in [1.29, 1.82) is 0 Å². The van der Waals surface area contributed by atoms with Crippen molar-refractivity contribution in [2.75, 3.05) is 17.1 Å². The van der Waals surface area contributed by atoms with Gasteiger partial charge < -0.3 is 5.11 Å². The summed E-state index contributed by atoms with van der Waals surface area (Å²) >= 11 is 0. The molecule has 2 rings (SSSR count). The molecule has 0 saturated heterocycles. The fourth-order valence-corrected chi connectivity index (χ4v) is 3.01. The molecule has 1 aliphatic rings. The molecule has 1 aliphatic heterocycles. The van der Waals surface area contributed by atoms with E-state index in [0.29, 0.717) is 12.1 Å². The van der Waals surface area contributed by atoms with E-state index in [1.54, 1.807) is 12.1 Å². The van der Waals surface area contributed by atoms with Gasteiger partial charge >= 0.3 is 5.97 Å². The summed E-state index contributed by atoms with van der Waals surface area (Å²) in [6.07, 6.45) is 3.39. The number of aliphatic carboxylic acids is 1. The number of hydrogen-bond acceptors (Lipinski definition) is 3. The molecule has 0 aromatic heterocycles. The number of anilines is 1. The van der Waals surface area contributed by atoms with E-state index in [-0.39, 0.29) is 13.0 Å². The number of para-hydroxylation sites is 1. The highest BCUT2D eigenvalue weighted by Gasteiger charge is 2.24. The van der Waals surface area contributed by atoms with Crippen molar-refractivity contribution >= 4 is 27.8 Å². The van der Waals surface area contributed by atoms with E-state index in [9.17, 15) is 13.2 Å². The molecule has 0 saturated carbocycles. The zero-order chi connectivity index (χ0) is 16.0. The molecule has 0 radical (unpaired) electrons. The highest BCUT2D eigenvalue weighted by atomic mass is 32.2. The number of carboxylic acids is 1. The van der Waals surface area contributed by atoms with Crippen molar-refractivity contribution < 1.29 is 18.3 Å². The van der Waals surface area contributed by atoms with E-state index in [1.165, 1.54) is 4.31 Å². The Bertz CT molecular complexity index is 635. The van der Waals surface area contributed by atoms with E-state index in [4.69, 9.17) is 5.11 Å². The Balaban J connectivity index is 0.00000106. The number of benzene rings is 1. The van der Waals surface area contributed by atoms with Gasteiger partial charge in [-0.25, -0.2) is 8.42 Å². The third kappa shape index (κ3) is 4.60. The van der Waals surface area contributed by atoms with Gasteiger partial charge in [-0.05, 0) is 23.6 Å². The second kappa shape index (κ2) is 7.26. The Morgan fingerprint density at radius 2 is 1.90 bits per heavy atom. The van der Waals surface area contributed by atoms with Crippen LogP contribution >= 0.6 is 0 Å². The molecule has 0 bridgehead atoms. The average molecular weight is 311 g/mol. The van der Waals surface area contributed by atoms with Gasteiger partial charge in [0.15, 0.2) is 0 Å². The number of nitrogens with zero attached hydrogens (tertiary/aromatic N) is 1. The van der Waals surface area contributed by atoms with Gasteiger partial charge in [0.2, 0.25) is 10.0 Å². The maximum atomic E-state index is 11.8. The summed E-state index contributed by atoms with van der Waals surface area (Å²) in [7, 11) is -3.37. The first-order valence-electron chi connectivity index (χ1n) is 6.86. The van der Waals surface area contributed by atoms with Crippen molar-refractivity contribution in [2.45, 2.75) is 26.7 Å². The molecule has 116 valence electrons. The van der Waals surface area contributed by atoms with E-state index >= 15 is 0 Å². The van der Waals surface area contributed by atoms with Gasteiger partial charge in [-0.2, -0.15) is 0 Å². The van der Waals surface area contributed by atoms with Crippen molar-refractivity contribution in [3.63, 3.8) is 0 Å². The van der Waals surface area contributed by atoms with E-state index in [2.05, 4.69) is 0 Å². The smallest absolute Gasteiger partial charge is 0.303 e. The molecule has 0 amide bonds. The van der Waals surface area contributed by atoms with Crippen LogP contribution in [0.15, 0.2) is 29.8 Å². The Morgan fingerprint density at radius 3 is 2.48 bits per heavy atom. The van der Waals surface area contributed by atoms with Gasteiger partial charge in [0.1, 0.15) is 0 Å². The van der Waals surface area contributed by atoms with E-state index < -0.39 is 16.0 Å². The molecule has 6 heteroatoms. The lowest BCUT2D eigenvalue weighted by atomic mass is 10.0. The molecule has 1 heterocycles. The van der Waals surface area contributed by atoms with Gasteiger partial charge in [0, 0.05) is 6.42 Å². The van der Waals surface area contributed by atoms with Gasteiger partial charge in [0.25, 0.3) is 0 Å². The van der Waals surface area contributed by atoms with E-state index in [1.807, 2.05) is 32.1 Å². The van der Waals surface area contributed by atoms with Gasteiger partial charge in [-0.3, -0.25) is 9.10 Å². The largest absolute Gasteiger partial charge is 0.481 e. The third-order valence-electron chi connectivity index (χ3n) is 2.97. The number of hydrogen-bond donors (Lipinski definition) is 1. The molecule has 21 heavy (non-hydrogen) atoms. The number of sulfonamides is 1. The first-order chi connectivity index (χ1) is 9.88. The first kappa shape index (κ1) is 17.2. The molecule has 5 nitrogen and oxygen atoms in total. The van der Waals surface area contributed by atoms with Gasteiger partial charge in [-0.15, -0.1) is 0 Å². The molecule has 0 aliphatic carbocycles. The predicted molar refractivity (Wildman–Crippen MR) is 84.8 cm³/mol. The quantitative estimate of drug-likeness (QED) is 0.927. The topological polar surface area (TPSA) is 74.7 Å². The fourth-order valence-electron chi connectivity index (χ4n) is 2.09. The zero-order valence-electron chi connectivity index (χ0n) is 12.5. The highest BCUT2D eigenvalue weighted by Crippen LogP contribution is 2.31. The molecule has 0 spiro atoms. The third-order valence-corrected chi connectivity index (χ3v) is 4.10. The average Bonchev–Trinajstić information content (AvgIpc) is 2.45. The van der Waals surface area contributed by atoms with Crippen LogP contribution in [-0.2, 0) is 14.8 Å². The van der Waals surface area contributed by atoms with Gasteiger partial charge in [-0.1, -0.05) is 38.1 Å². The lowest BCUT2D eigenvalue weighted by Gasteiger charge is -2.29. The molecular weight excluding hydrogens is 290 g/mol. The summed E-state index contributed by atoms with van der Waals surface area (Å²) in [4.78, 5) is 10.6. The normalized spacial score (nSPS) is 13.7. The first-order valence-corrected chi connectivity index (χ1v) is 8.71. The zero-order valence-corrected chi connectivity index (χ0v) is 13.4. The number of rotatable bonds is 4. The van der Waals surface area contributed by atoms with Crippen LogP contribution in [0.3, 0.4) is 0 Å². The maximum Gasteiger partial charge on any atom is 0.303 e.